The van der Waals surface area contributed by atoms with Gasteiger partial charge in [0.1, 0.15) is 6.61 Å². The molecule has 0 saturated carbocycles. The van der Waals surface area contributed by atoms with Crippen molar-refractivity contribution >= 4 is 23.3 Å². The molecule has 0 saturated heterocycles. The minimum Gasteiger partial charge on any atom is -0.504 e. The molecule has 1 heterocycles. The van der Waals surface area contributed by atoms with Gasteiger partial charge in [0.2, 0.25) is 5.78 Å². The number of carbonyl (C=O) groups is 3. The summed E-state index contributed by atoms with van der Waals surface area (Å²) in [4.78, 5) is 36.7. The molecular formula is C18H15N3O6. The van der Waals surface area contributed by atoms with Crippen LogP contribution in [-0.2, 0) is 9.53 Å². The average molecular weight is 369 g/mol. The van der Waals surface area contributed by atoms with Gasteiger partial charge in [-0.25, -0.2) is 4.79 Å². The highest BCUT2D eigenvalue weighted by atomic mass is 16.5. The van der Waals surface area contributed by atoms with Gasteiger partial charge in [0.25, 0.3) is 0 Å². The molecule has 0 bridgehead atoms. The highest BCUT2D eigenvalue weighted by Crippen LogP contribution is 2.31. The third-order valence-corrected chi connectivity index (χ3v) is 3.86. The van der Waals surface area contributed by atoms with E-state index in [1.165, 1.54) is 18.2 Å². The minimum atomic E-state index is -0.905. The van der Waals surface area contributed by atoms with Crippen molar-refractivity contribution in [1.29, 1.82) is 0 Å². The smallest absolute Gasteiger partial charge is 0.335 e. The van der Waals surface area contributed by atoms with Crippen LogP contribution in [-0.4, -0.2) is 29.2 Å². The summed E-state index contributed by atoms with van der Waals surface area (Å²) in [5, 5.41) is 10.1. The molecule has 1 aromatic carbocycles. The van der Waals surface area contributed by atoms with E-state index < -0.39 is 23.3 Å². The maximum absolute atomic E-state index is 12.5. The fraction of sp³-hybridized carbons (Fsp3) is 0.0556. The molecule has 9 heteroatoms. The fourth-order valence-electron chi connectivity index (χ4n) is 2.51. The molecule has 0 amide bonds. The van der Waals surface area contributed by atoms with Crippen LogP contribution >= 0.6 is 0 Å². The van der Waals surface area contributed by atoms with Crippen molar-refractivity contribution in [3.8, 4) is 0 Å². The van der Waals surface area contributed by atoms with Crippen molar-refractivity contribution in [2.24, 2.45) is 11.6 Å². The van der Waals surface area contributed by atoms with Crippen LogP contribution in [0.25, 0.3) is 5.76 Å². The van der Waals surface area contributed by atoms with Gasteiger partial charge in [-0.1, -0.05) is 24.3 Å². The number of ether oxygens (including phenoxy) is 1. The summed E-state index contributed by atoms with van der Waals surface area (Å²) in [7, 11) is 0. The molecule has 0 radical (unpaired) electrons. The van der Waals surface area contributed by atoms with Crippen molar-refractivity contribution in [2.75, 3.05) is 6.61 Å². The average Bonchev–Trinajstić information content (AvgIpc) is 3.13. The van der Waals surface area contributed by atoms with Gasteiger partial charge in [-0.05, 0) is 6.07 Å². The maximum atomic E-state index is 12.5. The molecule has 0 fully saturated rings. The number of hydrogen-bond acceptors (Lipinski definition) is 9. The first-order valence-corrected chi connectivity index (χ1v) is 7.73. The zero-order chi connectivity index (χ0) is 19.6. The third kappa shape index (κ3) is 3.31. The number of aliphatic hydroxyl groups excluding tert-OH is 1. The normalized spacial score (nSPS) is 13.8. The molecular weight excluding hydrogens is 354 g/mol. The summed E-state index contributed by atoms with van der Waals surface area (Å²) in [6, 6.07) is 7.53. The highest BCUT2D eigenvalue weighted by molar-refractivity contribution is 6.27. The molecule has 138 valence electrons. The first-order chi connectivity index (χ1) is 13.0. The van der Waals surface area contributed by atoms with Crippen molar-refractivity contribution in [1.82, 2.24) is 5.43 Å². The zero-order valence-corrected chi connectivity index (χ0v) is 13.9. The summed E-state index contributed by atoms with van der Waals surface area (Å²) in [5.41, 5.74) is 8.20. The number of aliphatic hydroxyl groups is 1. The van der Waals surface area contributed by atoms with Crippen LogP contribution in [0.15, 0.2) is 52.7 Å². The molecule has 0 unspecified atom stereocenters. The van der Waals surface area contributed by atoms with E-state index in [4.69, 9.17) is 20.7 Å². The lowest BCUT2D eigenvalue weighted by Crippen LogP contribution is -2.26. The summed E-state index contributed by atoms with van der Waals surface area (Å²) in [6.07, 6.45) is 1.86. The third-order valence-electron chi connectivity index (χ3n) is 3.86. The number of carbonyl (C=O) groups excluding carboxylic acids is 3. The van der Waals surface area contributed by atoms with Crippen LogP contribution in [0.3, 0.4) is 0 Å². The number of hydrazine groups is 1. The Labute approximate surface area is 152 Å². The first kappa shape index (κ1) is 18.0. The molecule has 0 aliphatic heterocycles. The largest absolute Gasteiger partial charge is 0.504 e. The molecule has 0 spiro atoms. The number of nitrogens with two attached hydrogens (primary N) is 2. The Kier molecular flexibility index (Phi) is 4.77. The molecule has 6 N–H and O–H groups in total. The molecule has 0 atom stereocenters. The summed E-state index contributed by atoms with van der Waals surface area (Å²) in [5.74, 6) is 2.36. The van der Waals surface area contributed by atoms with E-state index in [9.17, 15) is 19.5 Å². The maximum Gasteiger partial charge on any atom is 0.335 e. The number of fused-ring (bicyclic) bond motifs is 2. The van der Waals surface area contributed by atoms with Gasteiger partial charge in [-0.3, -0.25) is 15.4 Å². The Bertz CT molecular complexity index is 950. The molecule has 27 heavy (non-hydrogen) atoms. The molecule has 1 aliphatic rings. The second kappa shape index (κ2) is 7.18. The first-order valence-electron chi connectivity index (χ1n) is 7.73. The SMILES string of the molecule is N/C=C(/COC(=O)/C=C(\O)c1cc2c(o1)C(=O)c1ccccc1C2=O)NN. The summed E-state index contributed by atoms with van der Waals surface area (Å²) >= 11 is 0. The van der Waals surface area contributed by atoms with Crippen molar-refractivity contribution in [2.45, 2.75) is 0 Å². The van der Waals surface area contributed by atoms with Crippen molar-refractivity contribution in [3.63, 3.8) is 0 Å². The van der Waals surface area contributed by atoms with Crippen molar-refractivity contribution in [3.05, 3.63) is 76.5 Å². The monoisotopic (exact) mass is 369 g/mol. The number of ketones is 2. The topological polar surface area (TPSA) is 158 Å². The van der Waals surface area contributed by atoms with Gasteiger partial charge < -0.3 is 25.4 Å². The Balaban J connectivity index is 1.84. The number of hydrogen-bond donors (Lipinski definition) is 4. The van der Waals surface area contributed by atoms with Crippen LogP contribution < -0.4 is 17.0 Å². The molecule has 1 aliphatic carbocycles. The van der Waals surface area contributed by atoms with E-state index in [0.29, 0.717) is 0 Å². The minimum absolute atomic E-state index is 0.0164. The standard InChI is InChI=1S/C18H15N3O6/c19-7-9(21-20)8-26-15(23)6-13(22)14-5-12-16(24)10-3-1-2-4-11(10)17(25)18(12)27-14/h1-7,21-22H,8,19-20H2/b9-7-,13-6-. The lowest BCUT2D eigenvalue weighted by atomic mass is 9.88. The summed E-state index contributed by atoms with van der Waals surface area (Å²) in [6.45, 7) is -0.240. The lowest BCUT2D eigenvalue weighted by molar-refractivity contribution is -0.136. The van der Waals surface area contributed by atoms with E-state index in [1.54, 1.807) is 12.1 Å². The van der Waals surface area contributed by atoms with Gasteiger partial charge >= 0.3 is 5.97 Å². The van der Waals surface area contributed by atoms with Gasteiger partial charge in [0.15, 0.2) is 23.1 Å². The van der Waals surface area contributed by atoms with Gasteiger partial charge in [0.05, 0.1) is 17.3 Å². The molecule has 1 aromatic heterocycles. The van der Waals surface area contributed by atoms with E-state index in [1.807, 2.05) is 0 Å². The van der Waals surface area contributed by atoms with Gasteiger partial charge in [0, 0.05) is 17.3 Å². The number of nitrogens with one attached hydrogen (secondary N) is 1. The lowest BCUT2D eigenvalue weighted by Gasteiger charge is -2.11. The van der Waals surface area contributed by atoms with Gasteiger partial charge in [-0.2, -0.15) is 0 Å². The van der Waals surface area contributed by atoms with Crippen LogP contribution in [0, 0.1) is 0 Å². The highest BCUT2D eigenvalue weighted by Gasteiger charge is 2.34. The van der Waals surface area contributed by atoms with Crippen LogP contribution in [0.4, 0.5) is 0 Å². The predicted octanol–water partition coefficient (Wildman–Crippen LogP) is 0.760. The van der Waals surface area contributed by atoms with Crippen LogP contribution in [0.1, 0.15) is 37.8 Å². The van der Waals surface area contributed by atoms with E-state index >= 15 is 0 Å². The number of benzene rings is 1. The Morgan fingerprint density at radius 2 is 1.85 bits per heavy atom. The van der Waals surface area contributed by atoms with E-state index in [2.05, 4.69) is 5.43 Å². The van der Waals surface area contributed by atoms with E-state index in [-0.39, 0.29) is 40.5 Å². The molecule has 2 aromatic rings. The zero-order valence-electron chi connectivity index (χ0n) is 13.9. The van der Waals surface area contributed by atoms with Crippen LogP contribution in [0.2, 0.25) is 0 Å². The predicted molar refractivity (Wildman–Crippen MR) is 93.2 cm³/mol. The van der Waals surface area contributed by atoms with Crippen LogP contribution in [0.5, 0.6) is 0 Å². The Morgan fingerprint density at radius 1 is 1.19 bits per heavy atom. The molecule has 9 nitrogen and oxygen atoms in total. The fourth-order valence-corrected chi connectivity index (χ4v) is 2.51. The second-order valence-corrected chi connectivity index (χ2v) is 5.53. The Morgan fingerprint density at radius 3 is 2.48 bits per heavy atom. The number of esters is 1. The number of rotatable bonds is 5. The molecule has 3 rings (SSSR count). The van der Waals surface area contributed by atoms with E-state index in [0.717, 1.165) is 12.3 Å². The van der Waals surface area contributed by atoms with Crippen molar-refractivity contribution < 1.29 is 28.6 Å². The number of furan rings is 1. The summed E-state index contributed by atoms with van der Waals surface area (Å²) < 4.78 is 10.1. The second-order valence-electron chi connectivity index (χ2n) is 5.53. The van der Waals surface area contributed by atoms with Gasteiger partial charge in [-0.15, -0.1) is 0 Å². The quantitative estimate of drug-likeness (QED) is 0.167. The Hall–Kier alpha value is -3.85.